The van der Waals surface area contributed by atoms with E-state index in [2.05, 4.69) is 6.92 Å². The number of hydrogen-bond acceptors (Lipinski definition) is 3. The van der Waals surface area contributed by atoms with Gasteiger partial charge >= 0.3 is 0 Å². The summed E-state index contributed by atoms with van der Waals surface area (Å²) in [6.07, 6.45) is 10.8. The summed E-state index contributed by atoms with van der Waals surface area (Å²) in [5.74, 6) is 0. The molecule has 2 atom stereocenters. The van der Waals surface area contributed by atoms with Gasteiger partial charge in [0.25, 0.3) is 0 Å². The zero-order valence-electron chi connectivity index (χ0n) is 11.8. The van der Waals surface area contributed by atoms with Crippen LogP contribution < -0.4 is 0 Å². The minimum atomic E-state index is -0.674. The zero-order chi connectivity index (χ0) is 13.6. The van der Waals surface area contributed by atoms with Crippen molar-refractivity contribution in [3.05, 3.63) is 0 Å². The van der Waals surface area contributed by atoms with Crippen LogP contribution in [-0.2, 0) is 4.79 Å². The van der Waals surface area contributed by atoms with E-state index in [4.69, 9.17) is 0 Å². The lowest BCUT2D eigenvalue weighted by Gasteiger charge is -2.13. The topological polar surface area (TPSA) is 57.5 Å². The largest absolute Gasteiger partial charge is 0.393 e. The number of unbranched alkanes of at least 4 members (excludes halogenated alkanes) is 7. The summed E-state index contributed by atoms with van der Waals surface area (Å²) in [7, 11) is 0. The monoisotopic (exact) mass is 258 g/mol. The van der Waals surface area contributed by atoms with Crippen molar-refractivity contribution in [2.75, 3.05) is 0 Å². The Labute approximate surface area is 112 Å². The molecule has 0 aromatic rings. The molecule has 0 saturated carbocycles. The third kappa shape index (κ3) is 12.1. The summed E-state index contributed by atoms with van der Waals surface area (Å²) in [6.45, 7) is 2.22. The van der Waals surface area contributed by atoms with Crippen molar-refractivity contribution in [3.8, 4) is 0 Å². The smallest absolute Gasteiger partial charge is 0.122 e. The fraction of sp³-hybridized carbons (Fsp3) is 0.933. The lowest BCUT2D eigenvalue weighted by Crippen LogP contribution is -2.17. The molecule has 3 heteroatoms. The molecule has 108 valence electrons. The van der Waals surface area contributed by atoms with Crippen molar-refractivity contribution in [1.29, 1.82) is 0 Å². The fourth-order valence-electron chi connectivity index (χ4n) is 2.15. The van der Waals surface area contributed by atoms with E-state index < -0.39 is 12.2 Å². The molecular weight excluding hydrogens is 228 g/mol. The molecule has 2 N–H and O–H groups in total. The number of carbonyl (C=O) groups is 1. The molecule has 0 fully saturated rings. The molecule has 0 saturated heterocycles. The van der Waals surface area contributed by atoms with Crippen LogP contribution in [0.15, 0.2) is 0 Å². The second kappa shape index (κ2) is 13.0. The Morgan fingerprint density at radius 2 is 1.44 bits per heavy atom. The van der Waals surface area contributed by atoms with Crippen LogP contribution in [0.3, 0.4) is 0 Å². The van der Waals surface area contributed by atoms with Gasteiger partial charge in [-0.3, -0.25) is 0 Å². The number of aldehydes is 1. The number of carbonyl (C=O) groups excluding carboxylic acids is 1. The molecule has 0 aliphatic heterocycles. The first-order valence-corrected chi connectivity index (χ1v) is 7.50. The van der Waals surface area contributed by atoms with Crippen LogP contribution in [0.1, 0.15) is 77.6 Å². The van der Waals surface area contributed by atoms with Gasteiger partial charge in [-0.1, -0.05) is 58.3 Å². The van der Waals surface area contributed by atoms with Crippen LogP contribution >= 0.6 is 0 Å². The van der Waals surface area contributed by atoms with Crippen molar-refractivity contribution in [1.82, 2.24) is 0 Å². The van der Waals surface area contributed by atoms with Crippen LogP contribution in [-0.4, -0.2) is 28.7 Å². The SMILES string of the molecule is CCCCCCCCCCC(O)CC(O)CC=O. The van der Waals surface area contributed by atoms with Gasteiger partial charge in [0, 0.05) is 6.42 Å². The molecule has 3 nitrogen and oxygen atoms in total. The molecular formula is C15H30O3. The van der Waals surface area contributed by atoms with E-state index in [1.807, 2.05) is 0 Å². The van der Waals surface area contributed by atoms with Crippen molar-refractivity contribution in [2.24, 2.45) is 0 Å². The summed E-state index contributed by atoms with van der Waals surface area (Å²) in [6, 6.07) is 0. The zero-order valence-corrected chi connectivity index (χ0v) is 11.8. The van der Waals surface area contributed by atoms with Gasteiger partial charge in [-0.25, -0.2) is 0 Å². The molecule has 0 radical (unpaired) electrons. The fourth-order valence-corrected chi connectivity index (χ4v) is 2.15. The highest BCUT2D eigenvalue weighted by molar-refractivity contribution is 5.49. The standard InChI is InChI=1S/C15H30O3/c1-2-3-4-5-6-7-8-9-10-14(17)13-15(18)11-12-16/h12,14-15,17-18H,2-11,13H2,1H3. The maximum atomic E-state index is 10.2. The highest BCUT2D eigenvalue weighted by Crippen LogP contribution is 2.13. The molecule has 0 aliphatic rings. The molecule has 0 aromatic carbocycles. The quantitative estimate of drug-likeness (QED) is 0.394. The number of aliphatic hydroxyl groups is 2. The second-order valence-corrected chi connectivity index (χ2v) is 5.21. The third-order valence-corrected chi connectivity index (χ3v) is 3.30. The van der Waals surface area contributed by atoms with Gasteiger partial charge in [0.05, 0.1) is 12.2 Å². The van der Waals surface area contributed by atoms with Crippen molar-refractivity contribution in [3.63, 3.8) is 0 Å². The van der Waals surface area contributed by atoms with Gasteiger partial charge in [0.15, 0.2) is 0 Å². The second-order valence-electron chi connectivity index (χ2n) is 5.21. The predicted octanol–water partition coefficient (Wildman–Crippen LogP) is 3.22. The van der Waals surface area contributed by atoms with Gasteiger partial charge in [0.2, 0.25) is 0 Å². The predicted molar refractivity (Wildman–Crippen MR) is 74.5 cm³/mol. The Hall–Kier alpha value is -0.410. The number of aliphatic hydroxyl groups excluding tert-OH is 2. The molecule has 0 rings (SSSR count). The minimum absolute atomic E-state index is 0.133. The van der Waals surface area contributed by atoms with E-state index in [0.717, 1.165) is 19.3 Å². The lowest BCUT2D eigenvalue weighted by atomic mass is 10.0. The van der Waals surface area contributed by atoms with Crippen LogP contribution in [0, 0.1) is 0 Å². The first kappa shape index (κ1) is 17.6. The number of hydrogen-bond donors (Lipinski definition) is 2. The summed E-state index contributed by atoms with van der Waals surface area (Å²) in [5.41, 5.74) is 0. The van der Waals surface area contributed by atoms with E-state index in [1.165, 1.54) is 38.5 Å². The molecule has 0 bridgehead atoms. The molecule has 18 heavy (non-hydrogen) atoms. The van der Waals surface area contributed by atoms with E-state index in [-0.39, 0.29) is 6.42 Å². The van der Waals surface area contributed by atoms with Gasteiger partial charge in [-0.05, 0) is 12.8 Å². The van der Waals surface area contributed by atoms with Crippen LogP contribution in [0.4, 0.5) is 0 Å². The van der Waals surface area contributed by atoms with E-state index >= 15 is 0 Å². The van der Waals surface area contributed by atoms with Crippen molar-refractivity contribution in [2.45, 2.75) is 89.8 Å². The van der Waals surface area contributed by atoms with Crippen molar-refractivity contribution >= 4 is 6.29 Å². The van der Waals surface area contributed by atoms with Gasteiger partial charge in [-0.2, -0.15) is 0 Å². The Bertz CT molecular complexity index is 183. The average Bonchev–Trinajstić information content (AvgIpc) is 2.32. The normalized spacial score (nSPS) is 14.4. The summed E-state index contributed by atoms with van der Waals surface area (Å²) in [5, 5.41) is 19.0. The maximum absolute atomic E-state index is 10.2. The number of rotatable bonds is 13. The molecule has 0 aromatic heterocycles. The van der Waals surface area contributed by atoms with Crippen molar-refractivity contribution < 1.29 is 15.0 Å². The van der Waals surface area contributed by atoms with E-state index in [1.54, 1.807) is 0 Å². The molecule has 2 unspecified atom stereocenters. The summed E-state index contributed by atoms with van der Waals surface area (Å²) in [4.78, 5) is 10.2. The first-order chi connectivity index (χ1) is 8.70. The van der Waals surface area contributed by atoms with E-state index in [9.17, 15) is 15.0 Å². The molecule has 0 amide bonds. The van der Waals surface area contributed by atoms with Crippen LogP contribution in [0.2, 0.25) is 0 Å². The maximum Gasteiger partial charge on any atom is 0.122 e. The van der Waals surface area contributed by atoms with E-state index in [0.29, 0.717) is 12.7 Å². The Balaban J connectivity index is 3.24. The molecule has 0 heterocycles. The Morgan fingerprint density at radius 1 is 0.889 bits per heavy atom. The van der Waals surface area contributed by atoms with Crippen LogP contribution in [0.5, 0.6) is 0 Å². The third-order valence-electron chi connectivity index (χ3n) is 3.30. The first-order valence-electron chi connectivity index (χ1n) is 7.50. The molecule has 0 aliphatic carbocycles. The van der Waals surface area contributed by atoms with Crippen LogP contribution in [0.25, 0.3) is 0 Å². The Morgan fingerprint density at radius 3 is 2.00 bits per heavy atom. The minimum Gasteiger partial charge on any atom is -0.393 e. The summed E-state index contributed by atoms with van der Waals surface area (Å²) >= 11 is 0. The van der Waals surface area contributed by atoms with Gasteiger partial charge in [0.1, 0.15) is 6.29 Å². The lowest BCUT2D eigenvalue weighted by molar-refractivity contribution is -0.109. The van der Waals surface area contributed by atoms with Gasteiger partial charge in [-0.15, -0.1) is 0 Å². The Kier molecular flexibility index (Phi) is 12.7. The van der Waals surface area contributed by atoms with Gasteiger partial charge < -0.3 is 15.0 Å². The highest BCUT2D eigenvalue weighted by Gasteiger charge is 2.10. The highest BCUT2D eigenvalue weighted by atomic mass is 16.3. The molecule has 0 spiro atoms. The average molecular weight is 258 g/mol. The summed E-state index contributed by atoms with van der Waals surface area (Å²) < 4.78 is 0.